The van der Waals surface area contributed by atoms with E-state index in [4.69, 9.17) is 14.6 Å². The standard InChI is InChI=1S/C30H38FNO4.C13H22F4N2O.C2H6/c1-30(2,31)16-6-7-17-32(3)20-21-18-26(35-4)29(27(19-21)36-5)25-13-9-11-23-22(14-15-28(33)34)10-8-12-24(23)25;1-4-18-10(20)13(12(3,16)17)5-7-19(8-6-13)9-11(2,14)15;1-2/h8-13,18-19H,6-7,14-17,20H2,1-5H3,(H,33,34);4-9H2,1-3H3,(H,18,20);1-2H3. The molecular weight excluding hydrogens is 758 g/mol. The summed E-state index contributed by atoms with van der Waals surface area (Å²) >= 11 is 0. The van der Waals surface area contributed by atoms with E-state index in [9.17, 15) is 31.5 Å². The minimum atomic E-state index is -3.17. The molecule has 0 spiro atoms. The predicted octanol–water partition coefficient (Wildman–Crippen LogP) is 10.4. The van der Waals surface area contributed by atoms with Crippen LogP contribution in [0.3, 0.4) is 0 Å². The van der Waals surface area contributed by atoms with E-state index in [0.717, 1.165) is 84.3 Å². The molecule has 3 aromatic carbocycles. The Bertz CT molecular complexity index is 1720. The zero-order valence-corrected chi connectivity index (χ0v) is 36.2. The van der Waals surface area contributed by atoms with E-state index in [-0.39, 0.29) is 38.9 Å². The van der Waals surface area contributed by atoms with Crippen molar-refractivity contribution < 1.29 is 46.1 Å². The second kappa shape index (κ2) is 22.4. The lowest BCUT2D eigenvalue weighted by Crippen LogP contribution is -2.57. The number of nitrogens with zero attached hydrogens (tertiary/aromatic N) is 2. The van der Waals surface area contributed by atoms with Gasteiger partial charge < -0.3 is 24.8 Å². The van der Waals surface area contributed by atoms with Crippen LogP contribution in [0, 0.1) is 5.41 Å². The van der Waals surface area contributed by atoms with Crippen LogP contribution in [-0.4, -0.2) is 98.3 Å². The number of unbranched alkanes of at least 4 members (excludes halogenated alkanes) is 1. The van der Waals surface area contributed by atoms with Crippen molar-refractivity contribution >= 4 is 22.6 Å². The number of hydrogen-bond acceptors (Lipinski definition) is 6. The Morgan fingerprint density at radius 1 is 0.897 bits per heavy atom. The molecule has 1 aliphatic rings. The van der Waals surface area contributed by atoms with Crippen molar-refractivity contribution in [1.29, 1.82) is 0 Å². The van der Waals surface area contributed by atoms with Crippen molar-refractivity contribution in [2.45, 2.75) is 117 Å². The van der Waals surface area contributed by atoms with E-state index in [1.165, 1.54) is 4.90 Å². The Labute approximate surface area is 342 Å². The molecule has 0 aliphatic carbocycles. The van der Waals surface area contributed by atoms with Gasteiger partial charge in [-0.3, -0.25) is 14.5 Å². The number of alkyl halides is 5. The molecule has 3 aromatic rings. The average molecular weight is 824 g/mol. The molecule has 58 heavy (non-hydrogen) atoms. The number of methoxy groups -OCH3 is 2. The Hall–Kier alpha value is -3.97. The van der Waals surface area contributed by atoms with E-state index in [1.807, 2.05) is 62.4 Å². The first-order valence-corrected chi connectivity index (χ1v) is 20.3. The Morgan fingerprint density at radius 3 is 1.97 bits per heavy atom. The second-order valence-electron chi connectivity index (χ2n) is 15.7. The number of carboxylic acid groups (broad SMARTS) is 1. The summed E-state index contributed by atoms with van der Waals surface area (Å²) in [5.41, 5.74) is 1.02. The van der Waals surface area contributed by atoms with Gasteiger partial charge in [-0.2, -0.15) is 0 Å². The summed E-state index contributed by atoms with van der Waals surface area (Å²) in [5, 5.41) is 13.6. The molecule has 1 heterocycles. The van der Waals surface area contributed by atoms with Gasteiger partial charge in [0, 0.05) is 33.4 Å². The van der Waals surface area contributed by atoms with Crippen molar-refractivity contribution in [2.24, 2.45) is 5.41 Å². The Kier molecular flexibility index (Phi) is 19.4. The van der Waals surface area contributed by atoms with Crippen molar-refractivity contribution in [3.63, 3.8) is 0 Å². The highest BCUT2D eigenvalue weighted by atomic mass is 19.3. The molecule has 13 heteroatoms. The molecule has 0 atom stereocenters. The number of aryl methyl sites for hydroxylation is 1. The number of ether oxygens (including phenoxy) is 2. The molecular formula is C45H66F5N3O5. The van der Waals surface area contributed by atoms with E-state index < -0.39 is 41.4 Å². The number of carbonyl (C=O) groups excluding carboxylic acids is 1. The number of likely N-dealkylation sites (tertiary alicyclic amines) is 1. The third-order valence-corrected chi connectivity index (χ3v) is 10.3. The molecule has 1 aliphatic heterocycles. The molecule has 0 unspecified atom stereocenters. The van der Waals surface area contributed by atoms with Crippen molar-refractivity contribution in [2.75, 3.05) is 54.0 Å². The number of benzene rings is 3. The molecule has 0 aromatic heterocycles. The lowest BCUT2D eigenvalue weighted by Gasteiger charge is -2.44. The summed E-state index contributed by atoms with van der Waals surface area (Å²) in [5.74, 6) is -6.08. The highest BCUT2D eigenvalue weighted by Crippen LogP contribution is 2.46. The lowest BCUT2D eigenvalue weighted by atomic mass is 9.72. The van der Waals surface area contributed by atoms with Crippen molar-refractivity contribution in [3.05, 3.63) is 59.7 Å². The van der Waals surface area contributed by atoms with E-state index >= 15 is 0 Å². The number of rotatable bonds is 18. The molecule has 0 radical (unpaired) electrons. The minimum Gasteiger partial charge on any atom is -0.496 e. The SMILES string of the molecule is CC.CCNC(=O)C1(C(C)(F)F)CCN(CC(C)(F)F)CC1.COc1cc(CN(C)CCCCC(C)(C)F)cc(OC)c1-c1cccc2c(CCC(=O)O)cccc12. The number of amides is 1. The van der Waals surface area contributed by atoms with Crippen molar-refractivity contribution in [1.82, 2.24) is 15.1 Å². The monoisotopic (exact) mass is 823 g/mol. The van der Waals surface area contributed by atoms with Crippen LogP contribution in [0.5, 0.6) is 11.5 Å². The summed E-state index contributed by atoms with van der Waals surface area (Å²) in [4.78, 5) is 26.8. The fourth-order valence-electron chi connectivity index (χ4n) is 7.37. The summed E-state index contributed by atoms with van der Waals surface area (Å²) in [6.07, 6.45) is 2.70. The molecule has 8 nitrogen and oxygen atoms in total. The second-order valence-corrected chi connectivity index (χ2v) is 15.7. The summed E-state index contributed by atoms with van der Waals surface area (Å²) in [7, 11) is 5.39. The normalized spacial score (nSPS) is 14.6. The number of halogens is 5. The molecule has 326 valence electrons. The number of aliphatic carboxylic acids is 1. The van der Waals surface area contributed by atoms with Gasteiger partial charge in [0.1, 0.15) is 22.6 Å². The van der Waals surface area contributed by atoms with Crippen LogP contribution >= 0.6 is 0 Å². The van der Waals surface area contributed by atoms with Gasteiger partial charge in [-0.05, 0) is 126 Å². The van der Waals surface area contributed by atoms with Crippen LogP contribution in [-0.2, 0) is 22.6 Å². The third-order valence-electron chi connectivity index (χ3n) is 10.3. The number of fused-ring (bicyclic) bond motifs is 1. The quantitative estimate of drug-likeness (QED) is 0.0975. The van der Waals surface area contributed by atoms with E-state index in [1.54, 1.807) is 35.0 Å². The summed E-state index contributed by atoms with van der Waals surface area (Å²) in [6, 6.07) is 16.2. The van der Waals surface area contributed by atoms with Gasteiger partial charge in [0.05, 0.1) is 26.3 Å². The maximum Gasteiger partial charge on any atom is 0.303 e. The highest BCUT2D eigenvalue weighted by Gasteiger charge is 2.56. The molecule has 2 N–H and O–H groups in total. The fourth-order valence-corrected chi connectivity index (χ4v) is 7.37. The van der Waals surface area contributed by atoms with Gasteiger partial charge in [-0.1, -0.05) is 50.2 Å². The third kappa shape index (κ3) is 14.7. The fraction of sp³-hybridized carbons (Fsp3) is 0.600. The first-order valence-electron chi connectivity index (χ1n) is 20.3. The molecule has 1 saturated heterocycles. The number of hydrogen-bond donors (Lipinski definition) is 2. The van der Waals surface area contributed by atoms with Crippen LogP contribution in [0.1, 0.15) is 98.1 Å². The molecule has 1 fully saturated rings. The lowest BCUT2D eigenvalue weighted by molar-refractivity contribution is -0.168. The van der Waals surface area contributed by atoms with E-state index in [2.05, 4.69) is 17.3 Å². The number of carboxylic acids is 1. The topological polar surface area (TPSA) is 91.3 Å². The van der Waals surface area contributed by atoms with Crippen LogP contribution in [0.15, 0.2) is 48.5 Å². The Balaban J connectivity index is 0.000000447. The van der Waals surface area contributed by atoms with Crippen LogP contribution < -0.4 is 14.8 Å². The molecule has 4 rings (SSSR count). The number of carbonyl (C=O) groups is 2. The number of nitrogens with one attached hydrogen (secondary N) is 1. The smallest absolute Gasteiger partial charge is 0.303 e. The zero-order valence-electron chi connectivity index (χ0n) is 36.2. The van der Waals surface area contributed by atoms with E-state index in [0.29, 0.717) is 12.8 Å². The largest absolute Gasteiger partial charge is 0.496 e. The van der Waals surface area contributed by atoms with Gasteiger partial charge >= 0.3 is 5.97 Å². The molecule has 1 amide bonds. The van der Waals surface area contributed by atoms with Gasteiger partial charge in [-0.15, -0.1) is 0 Å². The molecule has 0 saturated carbocycles. The van der Waals surface area contributed by atoms with Gasteiger partial charge in [-0.25, -0.2) is 22.0 Å². The maximum atomic E-state index is 13.9. The van der Waals surface area contributed by atoms with Crippen LogP contribution in [0.4, 0.5) is 22.0 Å². The maximum absolute atomic E-state index is 13.9. The number of piperidine rings is 1. The highest BCUT2D eigenvalue weighted by molar-refractivity contribution is 6.01. The van der Waals surface area contributed by atoms with Gasteiger partial charge in [0.15, 0.2) is 0 Å². The minimum absolute atomic E-state index is 0.0734. The Morgan fingerprint density at radius 2 is 1.47 bits per heavy atom. The van der Waals surface area contributed by atoms with Gasteiger partial charge in [0.2, 0.25) is 5.91 Å². The first kappa shape index (κ1) is 50.2. The summed E-state index contributed by atoms with van der Waals surface area (Å²) in [6.45, 7) is 12.0. The van der Waals surface area contributed by atoms with Crippen LogP contribution in [0.25, 0.3) is 21.9 Å². The zero-order chi connectivity index (χ0) is 43.9. The predicted molar refractivity (Wildman–Crippen MR) is 223 cm³/mol. The molecule has 0 bridgehead atoms. The first-order chi connectivity index (χ1) is 27.1. The summed E-state index contributed by atoms with van der Waals surface area (Å²) < 4.78 is 79.0. The van der Waals surface area contributed by atoms with Crippen molar-refractivity contribution in [3.8, 4) is 22.6 Å². The average Bonchev–Trinajstić information content (AvgIpc) is 3.15. The van der Waals surface area contributed by atoms with Gasteiger partial charge in [0.25, 0.3) is 11.8 Å². The van der Waals surface area contributed by atoms with Crippen LogP contribution in [0.2, 0.25) is 0 Å².